The lowest BCUT2D eigenvalue weighted by Crippen LogP contribution is -2.61. The molecule has 0 aromatic heterocycles. The Morgan fingerprint density at radius 3 is 2.28 bits per heavy atom. The van der Waals surface area contributed by atoms with Crippen LogP contribution in [0.4, 0.5) is 11.4 Å². The van der Waals surface area contributed by atoms with Crippen LogP contribution in [0.1, 0.15) is 24.0 Å². The van der Waals surface area contributed by atoms with Crippen LogP contribution in [0.15, 0.2) is 78.9 Å². The first-order valence-electron chi connectivity index (χ1n) is 15.1. The number of halogens is 3. The molecule has 3 aliphatic rings. The van der Waals surface area contributed by atoms with Crippen LogP contribution in [0.25, 0.3) is 0 Å². The third-order valence-electron chi connectivity index (χ3n) is 9.20. The molecule has 0 saturated carbocycles. The maximum atomic E-state index is 14.1. The van der Waals surface area contributed by atoms with Crippen LogP contribution in [-0.2, 0) is 31.4 Å². The van der Waals surface area contributed by atoms with Gasteiger partial charge in [0.05, 0.1) is 11.9 Å². The minimum Gasteiger partial charge on any atom is -0.368 e. The van der Waals surface area contributed by atoms with Crippen LogP contribution in [0, 0.1) is 0 Å². The maximum absolute atomic E-state index is 14.1. The summed E-state index contributed by atoms with van der Waals surface area (Å²) in [5.74, 6) is -0.343. The van der Waals surface area contributed by atoms with E-state index >= 15 is 0 Å². The standard InChI is InChI=1S/C33H38ClN5O4S.2BrH/c1-44(42,43)39-23-33(27-9-5-6-10-30(27)39)15-18-37(19-16-33)32(41)28(21-24-11-13-25(34)14-12-24)36-31(40)29-22-38(20-17-35-29)26-7-3-2-4-8-26;;/h2-14,28-29,35H,15-23H2,1H3,(H,36,40);2*1H/t28-,29?;;/m1../s1. The van der Waals surface area contributed by atoms with Gasteiger partial charge < -0.3 is 20.4 Å². The quantitative estimate of drug-likeness (QED) is 0.369. The summed E-state index contributed by atoms with van der Waals surface area (Å²) in [5.41, 5.74) is 3.36. The number of likely N-dealkylation sites (tertiary alicyclic amines) is 1. The van der Waals surface area contributed by atoms with E-state index in [9.17, 15) is 18.0 Å². The van der Waals surface area contributed by atoms with E-state index in [0.717, 1.165) is 29.0 Å². The summed E-state index contributed by atoms with van der Waals surface area (Å²) in [6.45, 7) is 3.27. The van der Waals surface area contributed by atoms with E-state index in [-0.39, 0.29) is 51.2 Å². The van der Waals surface area contributed by atoms with Crippen molar-refractivity contribution in [3.8, 4) is 0 Å². The molecule has 248 valence electrons. The zero-order valence-electron chi connectivity index (χ0n) is 25.6. The van der Waals surface area contributed by atoms with Crippen molar-refractivity contribution in [3.05, 3.63) is 95.0 Å². The number of rotatable bonds is 7. The maximum Gasteiger partial charge on any atom is 0.245 e. The number of sulfonamides is 1. The van der Waals surface area contributed by atoms with Crippen LogP contribution in [-0.4, -0.2) is 82.7 Å². The van der Waals surface area contributed by atoms with E-state index in [4.69, 9.17) is 11.6 Å². The molecule has 46 heavy (non-hydrogen) atoms. The predicted octanol–water partition coefficient (Wildman–Crippen LogP) is 4.34. The fraction of sp³-hybridized carbons (Fsp3) is 0.394. The Bertz CT molecular complexity index is 1620. The summed E-state index contributed by atoms with van der Waals surface area (Å²) in [7, 11) is -3.43. The van der Waals surface area contributed by atoms with Crippen LogP contribution in [0.2, 0.25) is 5.02 Å². The van der Waals surface area contributed by atoms with Gasteiger partial charge in [0.2, 0.25) is 21.8 Å². The summed E-state index contributed by atoms with van der Waals surface area (Å²) < 4.78 is 26.7. The average molecular weight is 798 g/mol. The molecular weight excluding hydrogens is 758 g/mol. The summed E-state index contributed by atoms with van der Waals surface area (Å²) in [5, 5.41) is 7.01. The second kappa shape index (κ2) is 15.1. The Labute approximate surface area is 297 Å². The number of carbonyl (C=O) groups excluding carboxylic acids is 2. The van der Waals surface area contributed by atoms with Gasteiger partial charge in [0, 0.05) is 61.8 Å². The molecule has 0 aliphatic carbocycles. The molecule has 2 amide bonds. The van der Waals surface area contributed by atoms with Crippen LogP contribution in [0.5, 0.6) is 0 Å². The van der Waals surface area contributed by atoms with Gasteiger partial charge in [-0.2, -0.15) is 0 Å². The largest absolute Gasteiger partial charge is 0.368 e. The fourth-order valence-corrected chi connectivity index (χ4v) is 7.94. The molecule has 3 aromatic rings. The third-order valence-corrected chi connectivity index (χ3v) is 10.6. The van der Waals surface area contributed by atoms with Crippen molar-refractivity contribution in [1.82, 2.24) is 15.5 Å². The molecule has 3 aliphatic heterocycles. The van der Waals surface area contributed by atoms with Crippen molar-refractivity contribution in [2.24, 2.45) is 0 Å². The zero-order valence-corrected chi connectivity index (χ0v) is 30.6. The average Bonchev–Trinajstić information content (AvgIpc) is 3.36. The highest BCUT2D eigenvalue weighted by molar-refractivity contribution is 8.93. The number of para-hydroxylation sites is 2. The minimum atomic E-state index is -3.43. The SMILES string of the molecule is Br.Br.CS(=O)(=O)N1CC2(CCN(C(=O)[C@@H](Cc3ccc(Cl)cc3)NC(=O)C3CN(c4ccccc4)CCN3)CC2)c2ccccc21. The van der Waals surface area contributed by atoms with Crippen molar-refractivity contribution in [2.75, 3.05) is 54.7 Å². The number of fused-ring (bicyclic) bond motifs is 2. The van der Waals surface area contributed by atoms with Crippen LogP contribution < -0.4 is 19.8 Å². The Balaban J connectivity index is 0.00000240. The number of piperidine rings is 1. The predicted molar refractivity (Wildman–Crippen MR) is 194 cm³/mol. The molecule has 1 spiro atoms. The lowest BCUT2D eigenvalue weighted by Gasteiger charge is -2.41. The minimum absolute atomic E-state index is 0. The number of hydrogen-bond donors (Lipinski definition) is 2. The Morgan fingerprint density at radius 1 is 0.957 bits per heavy atom. The van der Waals surface area contributed by atoms with E-state index in [1.165, 1.54) is 10.6 Å². The topological polar surface area (TPSA) is 102 Å². The Hall–Kier alpha value is -2.64. The molecule has 13 heteroatoms. The number of anilines is 2. The lowest BCUT2D eigenvalue weighted by atomic mass is 9.74. The van der Waals surface area contributed by atoms with Gasteiger partial charge in [-0.3, -0.25) is 13.9 Å². The number of piperazine rings is 1. The molecule has 2 N–H and O–H groups in total. The number of benzene rings is 3. The highest BCUT2D eigenvalue weighted by Crippen LogP contribution is 2.47. The molecule has 2 atom stereocenters. The van der Waals surface area contributed by atoms with Gasteiger partial charge in [-0.05, 0) is 54.3 Å². The molecule has 3 heterocycles. The second-order valence-corrected chi connectivity index (χ2v) is 14.4. The fourth-order valence-electron chi connectivity index (χ4n) is 6.81. The van der Waals surface area contributed by atoms with Gasteiger partial charge >= 0.3 is 0 Å². The highest BCUT2D eigenvalue weighted by atomic mass is 79.9. The molecule has 2 fully saturated rings. The van der Waals surface area contributed by atoms with Gasteiger partial charge in [0.1, 0.15) is 12.1 Å². The molecule has 6 rings (SSSR count). The molecule has 3 aromatic carbocycles. The monoisotopic (exact) mass is 795 g/mol. The van der Waals surface area contributed by atoms with Crippen molar-refractivity contribution in [1.29, 1.82) is 0 Å². The van der Waals surface area contributed by atoms with Crippen molar-refractivity contribution >= 4 is 78.8 Å². The number of amides is 2. The van der Waals surface area contributed by atoms with Crippen LogP contribution in [0.3, 0.4) is 0 Å². The summed E-state index contributed by atoms with van der Waals surface area (Å²) in [6, 6.07) is 23.8. The first kappa shape index (κ1) is 36.2. The Morgan fingerprint density at radius 2 is 1.61 bits per heavy atom. The number of nitrogens with zero attached hydrogens (tertiary/aromatic N) is 3. The highest BCUT2D eigenvalue weighted by Gasteiger charge is 2.48. The lowest BCUT2D eigenvalue weighted by molar-refractivity contribution is -0.138. The van der Waals surface area contributed by atoms with E-state index in [0.29, 0.717) is 57.0 Å². The zero-order chi connectivity index (χ0) is 30.9. The van der Waals surface area contributed by atoms with Gasteiger partial charge in [-0.1, -0.05) is 60.1 Å². The summed E-state index contributed by atoms with van der Waals surface area (Å²) in [6.07, 6.45) is 2.86. The van der Waals surface area contributed by atoms with Crippen molar-refractivity contribution in [3.63, 3.8) is 0 Å². The summed E-state index contributed by atoms with van der Waals surface area (Å²) >= 11 is 6.12. The van der Waals surface area contributed by atoms with E-state index in [2.05, 4.69) is 15.5 Å². The molecular formula is C33H40Br2ClN5O4S. The smallest absolute Gasteiger partial charge is 0.245 e. The van der Waals surface area contributed by atoms with E-state index < -0.39 is 22.1 Å². The molecule has 1 unspecified atom stereocenters. The number of carbonyl (C=O) groups is 2. The van der Waals surface area contributed by atoms with Crippen molar-refractivity contribution < 1.29 is 18.0 Å². The number of nitrogens with one attached hydrogen (secondary N) is 2. The van der Waals surface area contributed by atoms with Gasteiger partial charge in [0.25, 0.3) is 0 Å². The third kappa shape index (κ3) is 7.73. The first-order chi connectivity index (χ1) is 21.1. The van der Waals surface area contributed by atoms with E-state index in [1.807, 2.05) is 71.6 Å². The number of hydrogen-bond acceptors (Lipinski definition) is 6. The Kier molecular flexibility index (Phi) is 11.9. The summed E-state index contributed by atoms with van der Waals surface area (Å²) in [4.78, 5) is 31.7. The first-order valence-corrected chi connectivity index (χ1v) is 17.3. The van der Waals surface area contributed by atoms with Crippen LogP contribution >= 0.6 is 45.6 Å². The van der Waals surface area contributed by atoms with Gasteiger partial charge in [-0.25, -0.2) is 8.42 Å². The van der Waals surface area contributed by atoms with Gasteiger partial charge in [0.15, 0.2) is 0 Å². The second-order valence-electron chi connectivity index (χ2n) is 12.1. The molecule has 2 saturated heterocycles. The molecule has 9 nitrogen and oxygen atoms in total. The molecule has 0 bridgehead atoms. The molecule has 0 radical (unpaired) electrons. The van der Waals surface area contributed by atoms with Gasteiger partial charge in [-0.15, -0.1) is 34.0 Å². The van der Waals surface area contributed by atoms with Crippen molar-refractivity contribution in [2.45, 2.75) is 36.8 Å². The normalized spacial score (nSPS) is 19.4. The van der Waals surface area contributed by atoms with E-state index in [1.54, 1.807) is 12.1 Å².